The van der Waals surface area contributed by atoms with E-state index in [1.54, 1.807) is 0 Å². The van der Waals surface area contributed by atoms with Gasteiger partial charge in [-0.05, 0) is 75.3 Å². The molecule has 2 aliphatic rings. The quantitative estimate of drug-likeness (QED) is 0.178. The molecule has 0 saturated heterocycles. The zero-order valence-electron chi connectivity index (χ0n) is 26.0. The van der Waals surface area contributed by atoms with Crippen molar-refractivity contribution < 1.29 is 13.6 Å². The molecule has 0 N–H and O–H groups in total. The third kappa shape index (κ3) is 7.04. The molecule has 0 aromatic rings. The van der Waals surface area contributed by atoms with Crippen LogP contribution in [0.3, 0.4) is 0 Å². The fourth-order valence-corrected chi connectivity index (χ4v) is 7.93. The van der Waals surface area contributed by atoms with Gasteiger partial charge in [-0.25, -0.2) is 0 Å². The van der Waals surface area contributed by atoms with E-state index in [4.69, 9.17) is 8.85 Å². The van der Waals surface area contributed by atoms with Crippen LogP contribution in [0.2, 0.25) is 36.3 Å². The van der Waals surface area contributed by atoms with Crippen molar-refractivity contribution in [3.63, 3.8) is 0 Å². The van der Waals surface area contributed by atoms with E-state index in [0.717, 1.165) is 12.8 Å². The SMILES string of the molecule is CC#CC(C)(C)C(C)[C@@H](/C=C/[C@@H]1[C@H]2CC(=O)C[C@H]2C[C@H]1O[Si](C)(C)C(C)(C)C)O[Si](C)(C)C(C)(C)C. The molecule has 2 fully saturated rings. The van der Waals surface area contributed by atoms with Gasteiger partial charge in [0.25, 0.3) is 0 Å². The summed E-state index contributed by atoms with van der Waals surface area (Å²) in [7, 11) is -3.92. The monoisotopic (exact) mass is 532 g/mol. The van der Waals surface area contributed by atoms with Gasteiger partial charge in [-0.2, -0.15) is 0 Å². The molecule has 0 aliphatic heterocycles. The predicted octanol–water partition coefficient (Wildman–Crippen LogP) is 8.62. The first-order chi connectivity index (χ1) is 16.1. The first kappa shape index (κ1) is 31.5. The number of rotatable bonds is 8. The van der Waals surface area contributed by atoms with Crippen molar-refractivity contribution in [3.05, 3.63) is 12.2 Å². The summed E-state index contributed by atoms with van der Waals surface area (Å²) in [4.78, 5) is 12.4. The van der Waals surface area contributed by atoms with E-state index in [1.807, 2.05) is 6.92 Å². The largest absolute Gasteiger partial charge is 0.413 e. The van der Waals surface area contributed by atoms with Gasteiger partial charge in [0.15, 0.2) is 16.6 Å². The van der Waals surface area contributed by atoms with Crippen LogP contribution in [0.15, 0.2) is 12.2 Å². The Balaban J connectivity index is 2.44. The lowest BCUT2D eigenvalue weighted by Crippen LogP contribution is -2.47. The van der Waals surface area contributed by atoms with Crippen molar-refractivity contribution in [1.82, 2.24) is 0 Å². The standard InChI is InChI=1S/C31H56O3Si2/c1-15-18-31(9,10)22(2)27(33-35(11,12)29(3,4)5)17-16-25-26-21-24(32)19-23(26)20-28(25)34-36(13,14)30(6,7)8/h16-17,22-23,25-28H,19-21H2,1-14H3/b17-16+/t22?,23-,25+,26-,27+,28+/m0/s1. The van der Waals surface area contributed by atoms with Crippen molar-refractivity contribution in [1.29, 1.82) is 0 Å². The second-order valence-electron chi connectivity index (χ2n) is 15.2. The molecule has 0 spiro atoms. The number of ketones is 1. The van der Waals surface area contributed by atoms with Gasteiger partial charge in [-0.15, -0.1) is 5.92 Å². The highest BCUT2D eigenvalue weighted by molar-refractivity contribution is 6.74. The van der Waals surface area contributed by atoms with Gasteiger partial charge >= 0.3 is 0 Å². The minimum absolute atomic E-state index is 0.0218. The fraction of sp³-hybridized carbons (Fsp3) is 0.839. The van der Waals surface area contributed by atoms with Crippen molar-refractivity contribution in [2.24, 2.45) is 29.1 Å². The maximum atomic E-state index is 12.4. The molecule has 206 valence electrons. The van der Waals surface area contributed by atoms with Crippen LogP contribution in [0.1, 0.15) is 88.5 Å². The minimum atomic E-state index is -2.00. The Hall–Kier alpha value is -0.676. The van der Waals surface area contributed by atoms with E-state index in [2.05, 4.69) is 112 Å². The van der Waals surface area contributed by atoms with Gasteiger partial charge in [-0.1, -0.05) is 66.5 Å². The number of Topliss-reactive ketones (excluding diaryl/α,β-unsaturated/α-hetero) is 1. The van der Waals surface area contributed by atoms with E-state index >= 15 is 0 Å². The molecule has 0 bridgehead atoms. The lowest BCUT2D eigenvalue weighted by Gasteiger charge is -2.43. The number of fused-ring (bicyclic) bond motifs is 1. The van der Waals surface area contributed by atoms with Crippen molar-refractivity contribution >= 4 is 22.4 Å². The molecule has 0 aromatic carbocycles. The van der Waals surface area contributed by atoms with E-state index in [-0.39, 0.29) is 39.5 Å². The Morgan fingerprint density at radius 1 is 0.944 bits per heavy atom. The highest BCUT2D eigenvalue weighted by Crippen LogP contribution is 2.51. The molecule has 1 unspecified atom stereocenters. The molecular weight excluding hydrogens is 477 g/mol. The molecule has 0 heterocycles. The van der Waals surface area contributed by atoms with Gasteiger partial charge in [-0.3, -0.25) is 4.79 Å². The Labute approximate surface area is 225 Å². The van der Waals surface area contributed by atoms with Crippen molar-refractivity contribution in [3.8, 4) is 11.8 Å². The Morgan fingerprint density at radius 3 is 2.00 bits per heavy atom. The van der Waals surface area contributed by atoms with Gasteiger partial charge < -0.3 is 8.85 Å². The lowest BCUT2D eigenvalue weighted by atomic mass is 9.77. The third-order valence-electron chi connectivity index (χ3n) is 10.1. The number of carbonyl (C=O) groups is 1. The average Bonchev–Trinajstić information content (AvgIpc) is 3.17. The van der Waals surface area contributed by atoms with Crippen LogP contribution in [-0.2, 0) is 13.6 Å². The van der Waals surface area contributed by atoms with Crippen molar-refractivity contribution in [2.75, 3.05) is 0 Å². The Bertz CT molecular complexity index is 876. The molecule has 6 atom stereocenters. The Morgan fingerprint density at radius 2 is 1.50 bits per heavy atom. The summed E-state index contributed by atoms with van der Waals surface area (Å²) in [5, 5.41) is 0.295. The van der Waals surface area contributed by atoms with Gasteiger partial charge in [0.05, 0.1) is 12.2 Å². The molecule has 0 amide bonds. The van der Waals surface area contributed by atoms with Crippen LogP contribution < -0.4 is 0 Å². The highest BCUT2D eigenvalue weighted by atomic mass is 28.4. The summed E-state index contributed by atoms with van der Waals surface area (Å²) in [6.45, 7) is 31.9. The summed E-state index contributed by atoms with van der Waals surface area (Å²) >= 11 is 0. The van der Waals surface area contributed by atoms with E-state index in [9.17, 15) is 4.79 Å². The molecule has 5 heteroatoms. The van der Waals surface area contributed by atoms with Crippen LogP contribution in [0.4, 0.5) is 0 Å². The van der Waals surface area contributed by atoms with Gasteiger partial charge in [0.1, 0.15) is 5.78 Å². The van der Waals surface area contributed by atoms with Crippen LogP contribution in [0.5, 0.6) is 0 Å². The number of hydrogen-bond acceptors (Lipinski definition) is 3. The second-order valence-corrected chi connectivity index (χ2v) is 24.7. The molecular formula is C31H56O3Si2. The number of carbonyl (C=O) groups excluding carboxylic acids is 1. The van der Waals surface area contributed by atoms with E-state index < -0.39 is 16.6 Å². The highest BCUT2D eigenvalue weighted by Gasteiger charge is 2.51. The van der Waals surface area contributed by atoms with Crippen LogP contribution in [0.25, 0.3) is 0 Å². The summed E-state index contributed by atoms with van der Waals surface area (Å²) in [5.74, 6) is 8.38. The lowest BCUT2D eigenvalue weighted by molar-refractivity contribution is -0.118. The third-order valence-corrected chi connectivity index (χ3v) is 19.1. The van der Waals surface area contributed by atoms with Gasteiger partial charge in [0.2, 0.25) is 0 Å². The molecule has 3 nitrogen and oxygen atoms in total. The summed E-state index contributed by atoms with van der Waals surface area (Å²) < 4.78 is 14.1. The van der Waals surface area contributed by atoms with E-state index in [0.29, 0.717) is 24.0 Å². The van der Waals surface area contributed by atoms with Crippen LogP contribution >= 0.6 is 0 Å². The topological polar surface area (TPSA) is 35.5 Å². The summed E-state index contributed by atoms with van der Waals surface area (Å²) in [6.07, 6.45) is 7.34. The molecule has 2 rings (SSSR count). The molecule has 0 radical (unpaired) electrons. The number of hydrogen-bond donors (Lipinski definition) is 0. The molecule has 0 aromatic heterocycles. The molecule has 2 saturated carbocycles. The van der Waals surface area contributed by atoms with Crippen LogP contribution in [-0.4, -0.2) is 34.6 Å². The molecule has 36 heavy (non-hydrogen) atoms. The first-order valence-corrected chi connectivity index (χ1v) is 19.9. The normalized spacial score (nSPS) is 27.7. The molecule has 2 aliphatic carbocycles. The predicted molar refractivity (Wildman–Crippen MR) is 159 cm³/mol. The minimum Gasteiger partial charge on any atom is -0.413 e. The fourth-order valence-electron chi connectivity index (χ4n) is 5.25. The zero-order chi connectivity index (χ0) is 27.9. The van der Waals surface area contributed by atoms with E-state index in [1.165, 1.54) is 0 Å². The average molecular weight is 533 g/mol. The summed E-state index contributed by atoms with van der Waals surface area (Å²) in [5.41, 5.74) is -0.162. The maximum absolute atomic E-state index is 12.4. The summed E-state index contributed by atoms with van der Waals surface area (Å²) in [6, 6.07) is 0. The Kier molecular flexibility index (Phi) is 9.49. The van der Waals surface area contributed by atoms with Crippen LogP contribution in [0, 0.1) is 40.9 Å². The second kappa shape index (κ2) is 10.8. The zero-order valence-corrected chi connectivity index (χ0v) is 28.0. The van der Waals surface area contributed by atoms with Gasteiger partial charge in [0, 0.05) is 30.1 Å². The van der Waals surface area contributed by atoms with Crippen molar-refractivity contribution in [2.45, 2.75) is 137 Å². The maximum Gasteiger partial charge on any atom is 0.192 e. The first-order valence-electron chi connectivity index (χ1n) is 14.1. The smallest absolute Gasteiger partial charge is 0.192 e.